The number of carbonyl (C=O) groups is 1. The number of sulfonamides is 1. The van der Waals surface area contributed by atoms with Gasteiger partial charge in [0, 0.05) is 16.9 Å². The second-order valence-corrected chi connectivity index (χ2v) is 8.66. The van der Waals surface area contributed by atoms with Crippen molar-refractivity contribution in [2.24, 2.45) is 0 Å². The molecule has 0 aliphatic rings. The van der Waals surface area contributed by atoms with Gasteiger partial charge in [-0.3, -0.25) is 9.52 Å². The molecule has 0 aliphatic carbocycles. The lowest BCUT2D eigenvalue weighted by molar-refractivity contribution is 0.102. The minimum Gasteiger partial charge on any atom is -0.497 e. The lowest BCUT2D eigenvalue weighted by Crippen LogP contribution is -2.15. The number of nitrogens with two attached hydrogens (primary N) is 1. The van der Waals surface area contributed by atoms with Crippen LogP contribution in [0.2, 0.25) is 10.0 Å². The van der Waals surface area contributed by atoms with Crippen molar-refractivity contribution in [2.75, 3.05) is 22.9 Å². The summed E-state index contributed by atoms with van der Waals surface area (Å²) in [4.78, 5) is 12.4. The van der Waals surface area contributed by atoms with Crippen molar-refractivity contribution in [3.8, 4) is 5.75 Å². The monoisotopic (exact) mass is 465 g/mol. The minimum atomic E-state index is -3.82. The first-order valence-electron chi connectivity index (χ1n) is 8.52. The largest absolute Gasteiger partial charge is 0.497 e. The molecule has 10 heteroatoms. The third kappa shape index (κ3) is 4.96. The number of hydrogen-bond acceptors (Lipinski definition) is 5. The molecule has 3 rings (SSSR count). The molecule has 0 unspecified atom stereocenters. The highest BCUT2D eigenvalue weighted by molar-refractivity contribution is 7.92. The molecule has 4 N–H and O–H groups in total. The number of methoxy groups -OCH3 is 1. The summed E-state index contributed by atoms with van der Waals surface area (Å²) in [6, 6.07) is 14.9. The number of benzene rings is 3. The van der Waals surface area contributed by atoms with E-state index < -0.39 is 15.9 Å². The zero-order valence-electron chi connectivity index (χ0n) is 15.6. The average Bonchev–Trinajstić information content (AvgIpc) is 2.72. The van der Waals surface area contributed by atoms with Crippen LogP contribution in [0, 0.1) is 0 Å². The number of hydrogen-bond donors (Lipinski definition) is 3. The average molecular weight is 466 g/mol. The van der Waals surface area contributed by atoms with Crippen molar-refractivity contribution in [1.82, 2.24) is 0 Å². The molecule has 156 valence electrons. The van der Waals surface area contributed by atoms with Crippen LogP contribution in [0.15, 0.2) is 65.6 Å². The van der Waals surface area contributed by atoms with Gasteiger partial charge in [-0.25, -0.2) is 8.42 Å². The minimum absolute atomic E-state index is 0.00782. The molecule has 0 radical (unpaired) electrons. The highest BCUT2D eigenvalue weighted by Crippen LogP contribution is 2.31. The maximum Gasteiger partial charge on any atom is 0.261 e. The molecule has 0 saturated carbocycles. The SMILES string of the molecule is COc1ccc(NS(=O)(=O)c2ccc(C(=O)Nc3cc(Cl)c(N)c(Cl)c3)cc2)cc1. The normalized spacial score (nSPS) is 11.0. The summed E-state index contributed by atoms with van der Waals surface area (Å²) in [7, 11) is -2.30. The van der Waals surface area contributed by atoms with E-state index in [1.165, 1.54) is 43.5 Å². The van der Waals surface area contributed by atoms with Gasteiger partial charge in [-0.15, -0.1) is 0 Å². The van der Waals surface area contributed by atoms with Crippen molar-refractivity contribution in [1.29, 1.82) is 0 Å². The predicted octanol–water partition coefficient (Wildman–Crippen LogP) is 4.64. The first-order valence-corrected chi connectivity index (χ1v) is 10.8. The van der Waals surface area contributed by atoms with E-state index in [0.29, 0.717) is 17.1 Å². The first kappa shape index (κ1) is 21.8. The molecule has 0 aliphatic heterocycles. The molecule has 0 atom stereocenters. The Morgan fingerprint density at radius 2 is 1.50 bits per heavy atom. The van der Waals surface area contributed by atoms with Crippen molar-refractivity contribution in [3.05, 3.63) is 76.3 Å². The summed E-state index contributed by atoms with van der Waals surface area (Å²) in [5.41, 5.74) is 6.89. The molecule has 0 spiro atoms. The van der Waals surface area contributed by atoms with Gasteiger partial charge in [0.05, 0.1) is 27.7 Å². The zero-order chi connectivity index (χ0) is 21.9. The van der Waals surface area contributed by atoms with Crippen molar-refractivity contribution in [3.63, 3.8) is 0 Å². The van der Waals surface area contributed by atoms with Gasteiger partial charge < -0.3 is 15.8 Å². The van der Waals surface area contributed by atoms with Gasteiger partial charge in [-0.2, -0.15) is 0 Å². The van der Waals surface area contributed by atoms with E-state index in [1.807, 2.05) is 0 Å². The predicted molar refractivity (Wildman–Crippen MR) is 119 cm³/mol. The van der Waals surface area contributed by atoms with Gasteiger partial charge in [-0.1, -0.05) is 23.2 Å². The first-order chi connectivity index (χ1) is 14.2. The molecule has 7 nitrogen and oxygen atoms in total. The standard InChI is InChI=1S/C20H17Cl2N3O4S/c1-29-15-6-4-13(5-7-15)25-30(27,28)16-8-2-12(3-9-16)20(26)24-14-10-17(21)19(23)18(22)11-14/h2-11,25H,23H2,1H3,(H,24,26). The van der Waals surface area contributed by atoms with Gasteiger partial charge in [0.1, 0.15) is 5.75 Å². The van der Waals surface area contributed by atoms with Crippen LogP contribution in [0.4, 0.5) is 17.1 Å². The van der Waals surface area contributed by atoms with Gasteiger partial charge in [0.2, 0.25) is 0 Å². The van der Waals surface area contributed by atoms with Crippen molar-refractivity contribution < 1.29 is 17.9 Å². The second-order valence-electron chi connectivity index (χ2n) is 6.17. The third-order valence-electron chi connectivity index (χ3n) is 4.11. The fourth-order valence-electron chi connectivity index (χ4n) is 2.52. The number of ether oxygens (including phenoxy) is 1. The highest BCUT2D eigenvalue weighted by atomic mass is 35.5. The van der Waals surface area contributed by atoms with E-state index in [4.69, 9.17) is 33.7 Å². The molecule has 3 aromatic rings. The van der Waals surface area contributed by atoms with Crippen LogP contribution in [0.1, 0.15) is 10.4 Å². The summed E-state index contributed by atoms with van der Waals surface area (Å²) < 4.78 is 32.6. The van der Waals surface area contributed by atoms with Crippen molar-refractivity contribution >= 4 is 56.2 Å². The smallest absolute Gasteiger partial charge is 0.261 e. The van der Waals surface area contributed by atoms with Crippen LogP contribution in [0.25, 0.3) is 0 Å². The Balaban J connectivity index is 1.73. The molecule has 0 heterocycles. The van der Waals surface area contributed by atoms with E-state index in [1.54, 1.807) is 24.3 Å². The molecule has 0 bridgehead atoms. The lowest BCUT2D eigenvalue weighted by Gasteiger charge is -2.10. The highest BCUT2D eigenvalue weighted by Gasteiger charge is 2.16. The molecule has 30 heavy (non-hydrogen) atoms. The van der Waals surface area contributed by atoms with E-state index in [9.17, 15) is 13.2 Å². The summed E-state index contributed by atoms with van der Waals surface area (Å²) >= 11 is 11.9. The molecule has 0 fully saturated rings. The van der Waals surface area contributed by atoms with Crippen LogP contribution in [-0.2, 0) is 10.0 Å². The molecular weight excluding hydrogens is 449 g/mol. The zero-order valence-corrected chi connectivity index (χ0v) is 18.0. The number of anilines is 3. The number of carbonyl (C=O) groups excluding carboxylic acids is 1. The summed E-state index contributed by atoms with van der Waals surface area (Å²) in [5.74, 6) is 0.149. The van der Waals surface area contributed by atoms with Crippen LogP contribution >= 0.6 is 23.2 Å². The molecule has 1 amide bonds. The Hall–Kier alpha value is -2.94. The molecule has 3 aromatic carbocycles. The van der Waals surface area contributed by atoms with Gasteiger partial charge in [0.15, 0.2) is 0 Å². The fraction of sp³-hybridized carbons (Fsp3) is 0.0500. The van der Waals surface area contributed by atoms with Crippen LogP contribution in [-0.4, -0.2) is 21.4 Å². The van der Waals surface area contributed by atoms with Gasteiger partial charge in [-0.05, 0) is 60.7 Å². The topological polar surface area (TPSA) is 111 Å². The van der Waals surface area contributed by atoms with E-state index >= 15 is 0 Å². The van der Waals surface area contributed by atoms with E-state index in [2.05, 4.69) is 10.0 Å². The summed E-state index contributed by atoms with van der Waals surface area (Å²) in [6.45, 7) is 0. The number of amides is 1. The van der Waals surface area contributed by atoms with Gasteiger partial charge in [0.25, 0.3) is 15.9 Å². The Labute approximate surface area is 183 Å². The Kier molecular flexibility index (Phi) is 6.40. The Morgan fingerprint density at radius 1 is 0.933 bits per heavy atom. The van der Waals surface area contributed by atoms with Gasteiger partial charge >= 0.3 is 0 Å². The summed E-state index contributed by atoms with van der Waals surface area (Å²) in [5, 5.41) is 3.06. The second kappa shape index (κ2) is 8.83. The maximum atomic E-state index is 12.6. The van der Waals surface area contributed by atoms with E-state index in [0.717, 1.165) is 0 Å². The summed E-state index contributed by atoms with van der Waals surface area (Å²) in [6.07, 6.45) is 0. The van der Waals surface area contributed by atoms with Crippen LogP contribution < -0.4 is 20.5 Å². The van der Waals surface area contributed by atoms with E-state index in [-0.39, 0.29) is 26.2 Å². The number of rotatable bonds is 6. The van der Waals surface area contributed by atoms with Crippen LogP contribution in [0.3, 0.4) is 0 Å². The lowest BCUT2D eigenvalue weighted by atomic mass is 10.2. The molecule has 0 saturated heterocycles. The number of nitrogen functional groups attached to an aromatic ring is 1. The Bertz CT molecular complexity index is 1160. The Morgan fingerprint density at radius 3 is 2.03 bits per heavy atom. The molecular formula is C20H17Cl2N3O4S. The van der Waals surface area contributed by atoms with Crippen molar-refractivity contribution in [2.45, 2.75) is 4.90 Å². The number of halogens is 2. The number of nitrogens with one attached hydrogen (secondary N) is 2. The third-order valence-corrected chi connectivity index (χ3v) is 6.13. The maximum absolute atomic E-state index is 12.6. The molecule has 0 aromatic heterocycles. The van der Waals surface area contributed by atoms with Crippen LogP contribution in [0.5, 0.6) is 5.75 Å². The quantitative estimate of drug-likeness (QED) is 0.459. The fourth-order valence-corrected chi connectivity index (χ4v) is 4.06.